The van der Waals surface area contributed by atoms with E-state index in [1.807, 2.05) is 0 Å². The third-order valence-corrected chi connectivity index (χ3v) is 8.23. The summed E-state index contributed by atoms with van der Waals surface area (Å²) in [7, 11) is -3.69. The summed E-state index contributed by atoms with van der Waals surface area (Å²) in [6.07, 6.45) is 6.77. The minimum Gasteiger partial charge on any atom is -0.355 e. The van der Waals surface area contributed by atoms with E-state index in [1.54, 1.807) is 0 Å². The molecule has 8 heteroatoms. The zero-order valence-electron chi connectivity index (χ0n) is 17.9. The fourth-order valence-corrected chi connectivity index (χ4v) is 5.89. The van der Waals surface area contributed by atoms with E-state index in [1.165, 1.54) is 48.2 Å². The Balaban J connectivity index is 1.42. The monoisotopic (exact) mass is 439 g/mol. The standard InChI is InChI=1S/C22H34FN3O3S/c1-18(25-11-4-2-3-5-12-25)17-24-22(27)15-19-9-13-26(14-10-19)30(28,29)21-8-6-7-20(23)16-21/h6-8,16,18-19H,2-5,9-15,17H2,1H3,(H,24,27)/t18-/m1/s1. The largest absolute Gasteiger partial charge is 0.355 e. The van der Waals surface area contributed by atoms with Gasteiger partial charge < -0.3 is 5.32 Å². The second kappa shape index (κ2) is 10.7. The average Bonchev–Trinajstić information content (AvgIpc) is 3.02. The van der Waals surface area contributed by atoms with Gasteiger partial charge in [0.25, 0.3) is 0 Å². The lowest BCUT2D eigenvalue weighted by Crippen LogP contribution is -2.43. The van der Waals surface area contributed by atoms with Gasteiger partial charge in [-0.3, -0.25) is 9.69 Å². The molecular weight excluding hydrogens is 405 g/mol. The summed E-state index contributed by atoms with van der Waals surface area (Å²) in [4.78, 5) is 14.8. The molecule has 30 heavy (non-hydrogen) atoms. The van der Waals surface area contributed by atoms with Gasteiger partial charge in [0.05, 0.1) is 4.90 Å². The van der Waals surface area contributed by atoms with Crippen LogP contribution in [0.1, 0.15) is 51.9 Å². The highest BCUT2D eigenvalue weighted by atomic mass is 32.2. The first-order chi connectivity index (χ1) is 14.4. The van der Waals surface area contributed by atoms with E-state index in [9.17, 15) is 17.6 Å². The molecule has 2 saturated heterocycles. The van der Waals surface area contributed by atoms with Crippen molar-refractivity contribution in [2.75, 3.05) is 32.7 Å². The third-order valence-electron chi connectivity index (χ3n) is 6.34. The highest BCUT2D eigenvalue weighted by Gasteiger charge is 2.30. The Bertz CT molecular complexity index is 802. The van der Waals surface area contributed by atoms with E-state index >= 15 is 0 Å². The lowest BCUT2D eigenvalue weighted by Gasteiger charge is -2.31. The molecule has 168 valence electrons. The normalized spacial score (nSPS) is 21.1. The molecule has 3 rings (SSSR count). The van der Waals surface area contributed by atoms with Crippen molar-refractivity contribution in [3.05, 3.63) is 30.1 Å². The van der Waals surface area contributed by atoms with Crippen LogP contribution in [-0.4, -0.2) is 62.3 Å². The maximum atomic E-state index is 13.4. The van der Waals surface area contributed by atoms with Gasteiger partial charge in [-0.2, -0.15) is 4.31 Å². The Morgan fingerprint density at radius 3 is 2.43 bits per heavy atom. The summed E-state index contributed by atoms with van der Waals surface area (Å²) >= 11 is 0. The number of amides is 1. The summed E-state index contributed by atoms with van der Waals surface area (Å²) in [5, 5.41) is 3.07. The number of hydrogen-bond acceptors (Lipinski definition) is 4. The first-order valence-electron chi connectivity index (χ1n) is 11.1. The second-order valence-electron chi connectivity index (χ2n) is 8.61. The minimum absolute atomic E-state index is 0.0128. The van der Waals surface area contributed by atoms with Gasteiger partial charge in [0.1, 0.15) is 5.82 Å². The van der Waals surface area contributed by atoms with Gasteiger partial charge in [0.15, 0.2) is 0 Å². The molecule has 1 N–H and O–H groups in total. The zero-order valence-corrected chi connectivity index (χ0v) is 18.7. The van der Waals surface area contributed by atoms with Crippen molar-refractivity contribution in [3.63, 3.8) is 0 Å². The lowest BCUT2D eigenvalue weighted by molar-refractivity contribution is -0.122. The molecule has 0 unspecified atom stereocenters. The molecule has 0 saturated carbocycles. The van der Waals surface area contributed by atoms with Crippen molar-refractivity contribution in [1.29, 1.82) is 0 Å². The molecule has 1 amide bonds. The molecule has 1 aromatic carbocycles. The zero-order chi connectivity index (χ0) is 21.6. The van der Waals surface area contributed by atoms with E-state index in [-0.39, 0.29) is 16.7 Å². The number of nitrogens with one attached hydrogen (secondary N) is 1. The molecule has 6 nitrogen and oxygen atoms in total. The first-order valence-corrected chi connectivity index (χ1v) is 12.6. The number of piperidine rings is 1. The summed E-state index contributed by atoms with van der Waals surface area (Å²) in [6.45, 7) is 5.76. The van der Waals surface area contributed by atoms with Gasteiger partial charge in [0.2, 0.25) is 15.9 Å². The molecule has 1 aromatic rings. The Kier molecular flexibility index (Phi) is 8.25. The van der Waals surface area contributed by atoms with Crippen LogP contribution in [0.5, 0.6) is 0 Å². The van der Waals surface area contributed by atoms with E-state index in [4.69, 9.17) is 0 Å². The Hall–Kier alpha value is -1.51. The number of sulfonamides is 1. The van der Waals surface area contributed by atoms with Crippen molar-refractivity contribution < 1.29 is 17.6 Å². The molecule has 0 radical (unpaired) electrons. The summed E-state index contributed by atoms with van der Waals surface area (Å²) in [6, 6.07) is 5.46. The molecule has 2 aliphatic heterocycles. The van der Waals surface area contributed by atoms with Crippen LogP contribution in [0.2, 0.25) is 0 Å². The third kappa shape index (κ3) is 6.25. The summed E-state index contributed by atoms with van der Waals surface area (Å²) in [5.41, 5.74) is 0. The van der Waals surface area contributed by atoms with Crippen molar-refractivity contribution in [2.45, 2.75) is 62.8 Å². The molecule has 1 atom stereocenters. The maximum Gasteiger partial charge on any atom is 0.243 e. The van der Waals surface area contributed by atoms with Crippen LogP contribution < -0.4 is 5.32 Å². The highest BCUT2D eigenvalue weighted by Crippen LogP contribution is 2.26. The molecule has 2 aliphatic rings. The van der Waals surface area contributed by atoms with Gasteiger partial charge in [-0.05, 0) is 69.8 Å². The van der Waals surface area contributed by atoms with Gasteiger partial charge in [-0.25, -0.2) is 12.8 Å². The molecule has 0 bridgehead atoms. The van der Waals surface area contributed by atoms with E-state index < -0.39 is 15.8 Å². The van der Waals surface area contributed by atoms with Gasteiger partial charge in [-0.1, -0.05) is 18.9 Å². The van der Waals surface area contributed by atoms with Crippen molar-refractivity contribution >= 4 is 15.9 Å². The van der Waals surface area contributed by atoms with Crippen LogP contribution in [-0.2, 0) is 14.8 Å². The minimum atomic E-state index is -3.69. The van der Waals surface area contributed by atoms with Crippen LogP contribution in [0.3, 0.4) is 0 Å². The lowest BCUT2D eigenvalue weighted by atomic mass is 9.94. The fourth-order valence-electron chi connectivity index (χ4n) is 4.39. The Morgan fingerprint density at radius 2 is 1.80 bits per heavy atom. The SMILES string of the molecule is C[C@H](CNC(=O)CC1CCN(S(=O)(=O)c2cccc(F)c2)CC1)N1CCCCCC1. The van der Waals surface area contributed by atoms with Crippen molar-refractivity contribution in [1.82, 2.24) is 14.5 Å². The molecular formula is C22H34FN3O3S. The molecule has 0 aromatic heterocycles. The Labute approximate surface area is 179 Å². The van der Waals surface area contributed by atoms with Crippen LogP contribution in [0.4, 0.5) is 4.39 Å². The predicted molar refractivity (Wildman–Crippen MR) is 115 cm³/mol. The smallest absolute Gasteiger partial charge is 0.243 e. The van der Waals surface area contributed by atoms with Crippen LogP contribution in [0.15, 0.2) is 29.2 Å². The predicted octanol–water partition coefficient (Wildman–Crippen LogP) is 3.00. The fraction of sp³-hybridized carbons (Fsp3) is 0.682. The number of carbonyl (C=O) groups excluding carboxylic acids is 1. The number of hydrogen-bond donors (Lipinski definition) is 1. The van der Waals surface area contributed by atoms with Gasteiger partial charge in [-0.15, -0.1) is 0 Å². The van der Waals surface area contributed by atoms with E-state index in [0.29, 0.717) is 44.9 Å². The second-order valence-corrected chi connectivity index (χ2v) is 10.6. The Morgan fingerprint density at radius 1 is 1.13 bits per heavy atom. The van der Waals surface area contributed by atoms with Crippen LogP contribution >= 0.6 is 0 Å². The van der Waals surface area contributed by atoms with Gasteiger partial charge in [0, 0.05) is 32.1 Å². The summed E-state index contributed by atoms with van der Waals surface area (Å²) < 4.78 is 40.2. The molecule has 0 spiro atoms. The highest BCUT2D eigenvalue weighted by molar-refractivity contribution is 7.89. The van der Waals surface area contributed by atoms with E-state index in [2.05, 4.69) is 17.1 Å². The van der Waals surface area contributed by atoms with E-state index in [0.717, 1.165) is 19.2 Å². The quantitative estimate of drug-likeness (QED) is 0.709. The number of rotatable bonds is 7. The van der Waals surface area contributed by atoms with Crippen LogP contribution in [0, 0.1) is 11.7 Å². The maximum absolute atomic E-state index is 13.4. The van der Waals surface area contributed by atoms with Crippen molar-refractivity contribution in [3.8, 4) is 0 Å². The molecule has 0 aliphatic carbocycles. The number of halogens is 1. The number of likely N-dealkylation sites (tertiary alicyclic amines) is 1. The first kappa shape index (κ1) is 23.2. The van der Waals surface area contributed by atoms with Gasteiger partial charge >= 0.3 is 0 Å². The van der Waals surface area contributed by atoms with Crippen LogP contribution in [0.25, 0.3) is 0 Å². The topological polar surface area (TPSA) is 69.7 Å². The summed E-state index contributed by atoms with van der Waals surface area (Å²) in [5.74, 6) is -0.336. The number of carbonyl (C=O) groups is 1. The molecule has 2 fully saturated rings. The molecule has 2 heterocycles. The van der Waals surface area contributed by atoms with Crippen molar-refractivity contribution in [2.24, 2.45) is 5.92 Å². The average molecular weight is 440 g/mol. The number of nitrogens with zero attached hydrogens (tertiary/aromatic N) is 2. The number of benzene rings is 1.